The number of amides is 1. The summed E-state index contributed by atoms with van der Waals surface area (Å²) in [5.74, 6) is 2.05. The molecule has 30 heavy (non-hydrogen) atoms. The number of ether oxygens (including phenoxy) is 3. The van der Waals surface area contributed by atoms with Gasteiger partial charge in [0.05, 0.1) is 25.2 Å². The first-order valence-corrected chi connectivity index (χ1v) is 9.94. The summed E-state index contributed by atoms with van der Waals surface area (Å²) >= 11 is 0. The van der Waals surface area contributed by atoms with Gasteiger partial charge < -0.3 is 19.1 Å². The van der Waals surface area contributed by atoms with Crippen LogP contribution in [0.15, 0.2) is 36.4 Å². The third kappa shape index (κ3) is 3.90. The largest absolute Gasteiger partial charge is 0.493 e. The number of hydrogen-bond donors (Lipinski definition) is 0. The molecule has 2 aromatic rings. The zero-order valence-corrected chi connectivity index (χ0v) is 17.0. The molecule has 158 valence electrons. The van der Waals surface area contributed by atoms with Gasteiger partial charge in [0.2, 0.25) is 5.91 Å². The summed E-state index contributed by atoms with van der Waals surface area (Å²) in [6.45, 7) is 0.866. The third-order valence-corrected chi connectivity index (χ3v) is 5.67. The summed E-state index contributed by atoms with van der Waals surface area (Å²) in [5.41, 5.74) is 2.09. The maximum absolute atomic E-state index is 12.9. The molecule has 0 saturated heterocycles. The smallest absolute Gasteiger partial charge is 0.269 e. The Morgan fingerprint density at radius 1 is 1.13 bits per heavy atom. The molecule has 8 nitrogen and oxygen atoms in total. The molecule has 1 aliphatic heterocycles. The number of nitro groups is 1. The fraction of sp³-hybridized carbons (Fsp3) is 0.409. The summed E-state index contributed by atoms with van der Waals surface area (Å²) in [4.78, 5) is 25.2. The third-order valence-electron chi connectivity index (χ3n) is 5.67. The molecular formula is C22H24N2O6. The first-order chi connectivity index (χ1) is 14.5. The van der Waals surface area contributed by atoms with Crippen LogP contribution in [0.4, 0.5) is 5.69 Å². The van der Waals surface area contributed by atoms with Gasteiger partial charge in [0, 0.05) is 24.6 Å². The van der Waals surface area contributed by atoms with Gasteiger partial charge in [0.15, 0.2) is 11.5 Å². The number of methoxy groups -OCH3 is 2. The Bertz CT molecular complexity index is 955. The summed E-state index contributed by atoms with van der Waals surface area (Å²) in [7, 11) is 3.19. The van der Waals surface area contributed by atoms with Crippen molar-refractivity contribution < 1.29 is 23.9 Å². The van der Waals surface area contributed by atoms with E-state index in [0.717, 1.165) is 30.4 Å². The van der Waals surface area contributed by atoms with Crippen LogP contribution in [0.2, 0.25) is 0 Å². The van der Waals surface area contributed by atoms with E-state index in [0.29, 0.717) is 23.8 Å². The number of carbonyl (C=O) groups excluding carboxylic acids is 1. The SMILES string of the molecule is COc1cc2c(cc1OC)[C@@H](COc1ccc([N+](=O)[O-])cc1)N(C(=O)C1CC1)CC2. The normalized spacial score (nSPS) is 17.8. The quantitative estimate of drug-likeness (QED) is 0.510. The molecule has 1 aliphatic carbocycles. The van der Waals surface area contributed by atoms with Gasteiger partial charge in [-0.3, -0.25) is 14.9 Å². The monoisotopic (exact) mass is 412 g/mol. The van der Waals surface area contributed by atoms with Crippen LogP contribution >= 0.6 is 0 Å². The van der Waals surface area contributed by atoms with E-state index >= 15 is 0 Å². The standard InChI is InChI=1S/C22H24N2O6/c1-28-20-11-15-9-10-23(22(25)14-3-4-14)19(18(15)12-21(20)29-2)13-30-17-7-5-16(6-8-17)24(26)27/h5-8,11-12,14,19H,3-4,9-10,13H2,1-2H3/t19-/m1/s1. The second-order valence-corrected chi connectivity index (χ2v) is 7.54. The molecule has 0 aromatic heterocycles. The zero-order chi connectivity index (χ0) is 21.3. The molecule has 0 unspecified atom stereocenters. The summed E-state index contributed by atoms with van der Waals surface area (Å²) < 4.78 is 16.9. The highest BCUT2D eigenvalue weighted by atomic mass is 16.6. The van der Waals surface area contributed by atoms with Crippen LogP contribution in [0, 0.1) is 16.0 Å². The number of non-ortho nitro benzene ring substituents is 1. The Balaban J connectivity index is 1.62. The Kier molecular flexibility index (Phi) is 5.48. The molecule has 8 heteroatoms. The molecular weight excluding hydrogens is 388 g/mol. The van der Waals surface area contributed by atoms with Crippen molar-refractivity contribution in [3.05, 3.63) is 57.6 Å². The second-order valence-electron chi connectivity index (χ2n) is 7.54. The molecule has 2 aliphatic rings. The van der Waals surface area contributed by atoms with Gasteiger partial charge in [-0.05, 0) is 54.7 Å². The van der Waals surface area contributed by atoms with E-state index in [2.05, 4.69) is 0 Å². The van der Waals surface area contributed by atoms with Gasteiger partial charge in [-0.25, -0.2) is 0 Å². The number of nitro benzene ring substituents is 1. The fourth-order valence-corrected chi connectivity index (χ4v) is 3.88. The van der Waals surface area contributed by atoms with Crippen LogP contribution in [0.3, 0.4) is 0 Å². The molecule has 2 aromatic carbocycles. The average molecular weight is 412 g/mol. The van der Waals surface area contributed by atoms with E-state index in [4.69, 9.17) is 14.2 Å². The molecule has 0 radical (unpaired) electrons. The van der Waals surface area contributed by atoms with Crippen LogP contribution < -0.4 is 14.2 Å². The molecule has 1 saturated carbocycles. The van der Waals surface area contributed by atoms with Crippen molar-refractivity contribution in [2.24, 2.45) is 5.92 Å². The number of benzene rings is 2. The molecule has 1 amide bonds. The lowest BCUT2D eigenvalue weighted by molar-refractivity contribution is -0.384. The van der Waals surface area contributed by atoms with Gasteiger partial charge in [-0.2, -0.15) is 0 Å². The van der Waals surface area contributed by atoms with Crippen LogP contribution in [0.5, 0.6) is 17.2 Å². The minimum Gasteiger partial charge on any atom is -0.493 e. The highest BCUT2D eigenvalue weighted by Gasteiger charge is 2.39. The fourth-order valence-electron chi connectivity index (χ4n) is 3.88. The highest BCUT2D eigenvalue weighted by Crippen LogP contribution is 2.41. The molecule has 1 heterocycles. The number of hydrogen-bond acceptors (Lipinski definition) is 6. The van der Waals surface area contributed by atoms with Crippen LogP contribution in [0.1, 0.15) is 30.0 Å². The van der Waals surface area contributed by atoms with E-state index < -0.39 is 4.92 Å². The number of rotatable bonds is 7. The van der Waals surface area contributed by atoms with E-state index in [-0.39, 0.29) is 30.2 Å². The Hall–Kier alpha value is -3.29. The summed E-state index contributed by atoms with van der Waals surface area (Å²) in [6.07, 6.45) is 2.61. The first-order valence-electron chi connectivity index (χ1n) is 9.94. The molecule has 1 atom stereocenters. The lowest BCUT2D eigenvalue weighted by Gasteiger charge is -2.37. The van der Waals surface area contributed by atoms with Crippen LogP contribution in [-0.2, 0) is 11.2 Å². The van der Waals surface area contributed by atoms with E-state index in [9.17, 15) is 14.9 Å². The zero-order valence-electron chi connectivity index (χ0n) is 17.0. The van der Waals surface area contributed by atoms with Crippen LogP contribution in [-0.4, -0.2) is 43.1 Å². The lowest BCUT2D eigenvalue weighted by atomic mass is 9.91. The molecule has 0 spiro atoms. The van der Waals surface area contributed by atoms with Crippen molar-refractivity contribution in [3.63, 3.8) is 0 Å². The Labute approximate surface area is 174 Å². The molecule has 4 rings (SSSR count). The Morgan fingerprint density at radius 3 is 2.40 bits per heavy atom. The van der Waals surface area contributed by atoms with Gasteiger partial charge in [0.1, 0.15) is 12.4 Å². The predicted octanol–water partition coefficient (Wildman–Crippen LogP) is 3.53. The minimum atomic E-state index is -0.448. The van der Waals surface area contributed by atoms with Crippen molar-refractivity contribution in [1.82, 2.24) is 4.90 Å². The van der Waals surface area contributed by atoms with E-state index in [1.807, 2.05) is 17.0 Å². The van der Waals surface area contributed by atoms with Gasteiger partial charge in [-0.1, -0.05) is 0 Å². The summed E-state index contributed by atoms with van der Waals surface area (Å²) in [5, 5.41) is 10.9. The van der Waals surface area contributed by atoms with Crippen molar-refractivity contribution >= 4 is 11.6 Å². The van der Waals surface area contributed by atoms with Gasteiger partial charge in [-0.15, -0.1) is 0 Å². The molecule has 0 bridgehead atoms. The van der Waals surface area contributed by atoms with Crippen molar-refractivity contribution in [3.8, 4) is 17.2 Å². The van der Waals surface area contributed by atoms with Crippen molar-refractivity contribution in [2.75, 3.05) is 27.4 Å². The summed E-state index contributed by atoms with van der Waals surface area (Å²) in [6, 6.07) is 9.58. The Morgan fingerprint density at radius 2 is 1.80 bits per heavy atom. The van der Waals surface area contributed by atoms with Gasteiger partial charge in [0.25, 0.3) is 5.69 Å². The van der Waals surface area contributed by atoms with Crippen molar-refractivity contribution in [2.45, 2.75) is 25.3 Å². The lowest BCUT2D eigenvalue weighted by Crippen LogP contribution is -2.43. The van der Waals surface area contributed by atoms with E-state index in [1.54, 1.807) is 26.4 Å². The van der Waals surface area contributed by atoms with Crippen LogP contribution in [0.25, 0.3) is 0 Å². The van der Waals surface area contributed by atoms with E-state index in [1.165, 1.54) is 12.1 Å². The molecule has 0 N–H and O–H groups in total. The maximum atomic E-state index is 12.9. The maximum Gasteiger partial charge on any atom is 0.269 e. The second kappa shape index (κ2) is 8.22. The van der Waals surface area contributed by atoms with Crippen molar-refractivity contribution in [1.29, 1.82) is 0 Å². The number of carbonyl (C=O) groups is 1. The number of fused-ring (bicyclic) bond motifs is 1. The topological polar surface area (TPSA) is 91.1 Å². The minimum absolute atomic E-state index is 0.00716. The van der Waals surface area contributed by atoms with Gasteiger partial charge >= 0.3 is 0 Å². The highest BCUT2D eigenvalue weighted by molar-refractivity contribution is 5.82. The molecule has 1 fully saturated rings. The first kappa shape index (κ1) is 20.0. The number of nitrogens with zero attached hydrogens (tertiary/aromatic N) is 2. The predicted molar refractivity (Wildman–Crippen MR) is 109 cm³/mol. The average Bonchev–Trinajstić information content (AvgIpc) is 3.61.